The lowest BCUT2D eigenvalue weighted by molar-refractivity contribution is -0.161. The van der Waals surface area contributed by atoms with E-state index in [4.69, 9.17) is 19.2 Å². The smallest absolute Gasteiger partial charge is 0.331 e. The number of aromatic hydroxyl groups is 1. The fourth-order valence-electron chi connectivity index (χ4n) is 5.17. The molecule has 1 amide bonds. The van der Waals surface area contributed by atoms with E-state index in [2.05, 4.69) is 5.32 Å². The minimum absolute atomic E-state index is 0.112. The molecule has 0 aliphatic rings. The summed E-state index contributed by atoms with van der Waals surface area (Å²) in [4.78, 5) is 32.0. The molecule has 0 spiro atoms. The number of benzene rings is 3. The van der Waals surface area contributed by atoms with E-state index >= 15 is 0 Å². The normalized spacial score (nSPS) is 11.9. The van der Waals surface area contributed by atoms with Gasteiger partial charge in [0.05, 0.1) is 18.1 Å². The van der Waals surface area contributed by atoms with Crippen molar-refractivity contribution in [1.82, 2.24) is 14.9 Å². The van der Waals surface area contributed by atoms with Gasteiger partial charge in [-0.1, -0.05) is 24.3 Å². The van der Waals surface area contributed by atoms with E-state index in [9.17, 15) is 19.1 Å². The lowest BCUT2D eigenvalue weighted by atomic mass is 9.96. The van der Waals surface area contributed by atoms with Crippen LogP contribution < -0.4 is 14.8 Å². The van der Waals surface area contributed by atoms with Crippen molar-refractivity contribution < 1.29 is 33.3 Å². The summed E-state index contributed by atoms with van der Waals surface area (Å²) in [7, 11) is 3.25. The fourth-order valence-corrected chi connectivity index (χ4v) is 5.17. The molecule has 2 aromatic heterocycles. The van der Waals surface area contributed by atoms with Crippen molar-refractivity contribution in [2.24, 2.45) is 7.05 Å². The van der Waals surface area contributed by atoms with Crippen molar-refractivity contribution in [3.63, 3.8) is 0 Å². The highest BCUT2D eigenvalue weighted by molar-refractivity contribution is 6.22. The van der Waals surface area contributed by atoms with E-state index < -0.39 is 23.0 Å². The molecular weight excluding hydrogens is 589 g/mol. The number of rotatable bonds is 9. The highest BCUT2D eigenvalue weighted by Crippen LogP contribution is 2.43. The second-order valence-corrected chi connectivity index (χ2v) is 12.8. The Balaban J connectivity index is 1.66. The molecule has 0 unspecified atom stereocenters. The predicted octanol–water partition coefficient (Wildman–Crippen LogP) is 6.60. The van der Waals surface area contributed by atoms with Gasteiger partial charge >= 0.3 is 5.97 Å². The van der Waals surface area contributed by atoms with Crippen molar-refractivity contribution in [2.45, 2.75) is 58.8 Å². The minimum Gasteiger partial charge on any atom is -0.497 e. The summed E-state index contributed by atoms with van der Waals surface area (Å²) in [5, 5.41) is 15.3. The third-order valence-electron chi connectivity index (χ3n) is 7.50. The Labute approximate surface area is 266 Å². The van der Waals surface area contributed by atoms with Gasteiger partial charge in [0.15, 0.2) is 5.75 Å². The van der Waals surface area contributed by atoms with E-state index in [1.54, 1.807) is 73.3 Å². The lowest BCUT2D eigenvalue weighted by Gasteiger charge is -2.29. The first kappa shape index (κ1) is 32.3. The van der Waals surface area contributed by atoms with Crippen LogP contribution in [0.3, 0.4) is 0 Å². The molecule has 2 N–H and O–H groups in total. The zero-order valence-electron chi connectivity index (χ0n) is 27.0. The maximum atomic E-state index is 14.2. The second-order valence-electron chi connectivity index (χ2n) is 12.8. The molecule has 0 radical (unpaired) electrons. The average molecular weight is 628 g/mol. The van der Waals surface area contributed by atoms with Crippen LogP contribution in [0.15, 0.2) is 67.0 Å². The summed E-state index contributed by atoms with van der Waals surface area (Å²) in [5.41, 5.74) is 0.892. The minimum atomic E-state index is -1.39. The van der Waals surface area contributed by atoms with Gasteiger partial charge in [-0.25, -0.2) is 9.18 Å². The molecule has 0 aliphatic heterocycles. The number of nitrogens with zero attached hydrogens (tertiary/aromatic N) is 2. The summed E-state index contributed by atoms with van der Waals surface area (Å²) in [5.74, 6) is -0.595. The van der Waals surface area contributed by atoms with Gasteiger partial charge in [0.1, 0.15) is 34.8 Å². The van der Waals surface area contributed by atoms with E-state index in [0.717, 1.165) is 16.7 Å². The molecule has 9 nitrogen and oxygen atoms in total. The lowest BCUT2D eigenvalue weighted by Crippen LogP contribution is -2.52. The van der Waals surface area contributed by atoms with Crippen LogP contribution in [0, 0.1) is 5.82 Å². The molecule has 3 aromatic carbocycles. The zero-order valence-corrected chi connectivity index (χ0v) is 27.0. The monoisotopic (exact) mass is 627 g/mol. The van der Waals surface area contributed by atoms with Gasteiger partial charge < -0.3 is 29.2 Å². The summed E-state index contributed by atoms with van der Waals surface area (Å²) in [6, 6.07) is 15.4. The number of aromatic nitrogens is 2. The van der Waals surface area contributed by atoms with E-state index in [-0.39, 0.29) is 23.9 Å². The molecule has 0 bridgehead atoms. The Morgan fingerprint density at radius 2 is 1.61 bits per heavy atom. The first-order valence-electron chi connectivity index (χ1n) is 14.9. The van der Waals surface area contributed by atoms with E-state index in [1.165, 1.54) is 16.7 Å². The van der Waals surface area contributed by atoms with Gasteiger partial charge in [0.2, 0.25) is 5.88 Å². The Hall–Kier alpha value is -5.12. The van der Waals surface area contributed by atoms with Gasteiger partial charge in [0.25, 0.3) is 5.91 Å². The van der Waals surface area contributed by atoms with Gasteiger partial charge in [-0.05, 0) is 88.1 Å². The van der Waals surface area contributed by atoms with E-state index in [0.29, 0.717) is 39.6 Å². The maximum absolute atomic E-state index is 14.2. The largest absolute Gasteiger partial charge is 0.497 e. The SMILES string of the molecule is COc1ccc(COc2c3ncc(Cc4ccc(F)cc4)cc3c(C(=O)NC(C)(C)C(=O)OC(C)(C)C)c3cn(C)c(O)c23)cc1. The number of carbonyl (C=O) groups excluding carboxylic acids is 2. The molecule has 5 rings (SSSR count). The number of halogens is 1. The first-order valence-corrected chi connectivity index (χ1v) is 14.9. The van der Waals surface area contributed by atoms with Gasteiger partial charge in [-0.2, -0.15) is 0 Å². The number of ether oxygens (including phenoxy) is 3. The van der Waals surface area contributed by atoms with Crippen molar-refractivity contribution in [3.05, 3.63) is 95.1 Å². The maximum Gasteiger partial charge on any atom is 0.331 e. The summed E-state index contributed by atoms with van der Waals surface area (Å²) < 4.78 is 32.3. The number of aryl methyl sites for hydroxylation is 1. The summed E-state index contributed by atoms with van der Waals surface area (Å²) >= 11 is 0. The number of carbonyl (C=O) groups is 2. The number of amides is 1. The number of hydrogen-bond donors (Lipinski definition) is 2. The predicted molar refractivity (Wildman–Crippen MR) is 174 cm³/mol. The molecule has 0 atom stereocenters. The summed E-state index contributed by atoms with van der Waals surface area (Å²) in [6.07, 6.45) is 3.74. The Morgan fingerprint density at radius 1 is 0.957 bits per heavy atom. The van der Waals surface area contributed by atoms with Crippen LogP contribution in [0.4, 0.5) is 4.39 Å². The number of hydrogen-bond acceptors (Lipinski definition) is 7. The van der Waals surface area contributed by atoms with Crippen LogP contribution >= 0.6 is 0 Å². The third kappa shape index (κ3) is 6.75. The number of esters is 1. The average Bonchev–Trinajstić information content (AvgIpc) is 3.28. The van der Waals surface area contributed by atoms with Crippen LogP contribution in [0.2, 0.25) is 0 Å². The Morgan fingerprint density at radius 3 is 2.24 bits per heavy atom. The Bertz CT molecular complexity index is 1920. The molecule has 10 heteroatoms. The number of pyridine rings is 1. The number of methoxy groups -OCH3 is 1. The topological polar surface area (TPSA) is 112 Å². The van der Waals surface area contributed by atoms with Crippen molar-refractivity contribution in [1.29, 1.82) is 0 Å². The van der Waals surface area contributed by atoms with Crippen molar-refractivity contribution in [3.8, 4) is 17.4 Å². The highest BCUT2D eigenvalue weighted by atomic mass is 19.1. The summed E-state index contributed by atoms with van der Waals surface area (Å²) in [6.45, 7) is 8.57. The molecule has 0 saturated heterocycles. The van der Waals surface area contributed by atoms with Crippen molar-refractivity contribution in [2.75, 3.05) is 7.11 Å². The van der Waals surface area contributed by atoms with Crippen LogP contribution in [0.5, 0.6) is 17.4 Å². The number of fused-ring (bicyclic) bond motifs is 2. The third-order valence-corrected chi connectivity index (χ3v) is 7.50. The molecule has 240 valence electrons. The highest BCUT2D eigenvalue weighted by Gasteiger charge is 2.36. The quantitative estimate of drug-likeness (QED) is 0.177. The van der Waals surface area contributed by atoms with E-state index in [1.807, 2.05) is 30.3 Å². The first-order chi connectivity index (χ1) is 21.7. The van der Waals surface area contributed by atoms with Gasteiger partial charge in [-0.3, -0.25) is 9.78 Å². The van der Waals surface area contributed by atoms with Gasteiger partial charge in [-0.15, -0.1) is 0 Å². The van der Waals surface area contributed by atoms with Crippen LogP contribution in [-0.4, -0.2) is 44.8 Å². The molecule has 5 aromatic rings. The number of nitrogens with one attached hydrogen (secondary N) is 1. The molecule has 0 aliphatic carbocycles. The molecule has 0 fully saturated rings. The van der Waals surface area contributed by atoms with Crippen molar-refractivity contribution >= 4 is 33.6 Å². The standard InChI is InChI=1S/C36H38FN3O6/c1-35(2,3)46-34(43)36(4,5)39-32(41)28-26-17-23(16-21-8-12-24(37)13-9-21)18-38-30(26)31(29-27(28)19-40(6)33(29)42)45-20-22-10-14-25(44-7)15-11-22/h8-15,17-19,42H,16,20H2,1-7H3,(H,39,41). The van der Waals surface area contributed by atoms with Crippen LogP contribution in [0.1, 0.15) is 61.7 Å². The Kier molecular flexibility index (Phi) is 8.66. The van der Waals surface area contributed by atoms with Crippen LogP contribution in [0.25, 0.3) is 21.7 Å². The molecule has 2 heterocycles. The molecular formula is C36H38FN3O6. The molecule has 0 saturated carbocycles. The van der Waals surface area contributed by atoms with Crippen LogP contribution in [-0.2, 0) is 29.6 Å². The molecule has 46 heavy (non-hydrogen) atoms. The van der Waals surface area contributed by atoms with Gasteiger partial charge in [0, 0.05) is 30.2 Å². The second kappa shape index (κ2) is 12.3. The fraction of sp³-hybridized carbons (Fsp3) is 0.306. The zero-order chi connectivity index (χ0) is 33.4.